The van der Waals surface area contributed by atoms with Gasteiger partial charge in [-0.05, 0) is 24.5 Å². The summed E-state index contributed by atoms with van der Waals surface area (Å²) >= 11 is 0. The molecule has 1 aromatic carbocycles. The zero-order valence-corrected chi connectivity index (χ0v) is 13.9. The number of furan rings is 1. The summed E-state index contributed by atoms with van der Waals surface area (Å²) in [5.74, 6) is -1.09. The van der Waals surface area contributed by atoms with E-state index < -0.39 is 13.1 Å². The van der Waals surface area contributed by atoms with Crippen molar-refractivity contribution < 1.29 is 24.1 Å². The van der Waals surface area contributed by atoms with Crippen LogP contribution >= 0.6 is 0 Å². The van der Waals surface area contributed by atoms with E-state index in [-0.39, 0.29) is 24.7 Å². The highest BCUT2D eigenvalue weighted by Crippen LogP contribution is 2.22. The summed E-state index contributed by atoms with van der Waals surface area (Å²) in [5, 5.41) is 22.7. The number of carbonyl (C=O) groups is 2. The number of likely N-dealkylation sites (tertiary alicyclic amines) is 1. The van der Waals surface area contributed by atoms with E-state index in [0.29, 0.717) is 25.1 Å². The van der Waals surface area contributed by atoms with Crippen LogP contribution in [0.5, 0.6) is 0 Å². The van der Waals surface area contributed by atoms with Gasteiger partial charge in [-0.3, -0.25) is 9.59 Å². The Bertz CT molecular complexity index is 760. The molecule has 1 saturated heterocycles. The molecule has 2 heterocycles. The summed E-state index contributed by atoms with van der Waals surface area (Å²) in [6.07, 6.45) is 3.30. The van der Waals surface area contributed by atoms with Crippen molar-refractivity contribution in [3.8, 4) is 0 Å². The first kappa shape index (κ1) is 17.5. The SMILES string of the molecule is O=C(CCN1CCCC1=O)NC(Cc1coc2ccccc12)B(O)O. The molecule has 2 amide bonds. The Balaban J connectivity index is 1.59. The highest BCUT2D eigenvalue weighted by molar-refractivity contribution is 6.43. The van der Waals surface area contributed by atoms with E-state index in [1.807, 2.05) is 24.3 Å². The molecule has 0 spiro atoms. The third-order valence-electron chi connectivity index (χ3n) is 4.49. The Kier molecular flexibility index (Phi) is 5.40. The van der Waals surface area contributed by atoms with E-state index in [4.69, 9.17) is 4.42 Å². The summed E-state index contributed by atoms with van der Waals surface area (Å²) in [7, 11) is -1.69. The fourth-order valence-corrected chi connectivity index (χ4v) is 3.11. The zero-order chi connectivity index (χ0) is 17.8. The van der Waals surface area contributed by atoms with Crippen molar-refractivity contribution in [1.29, 1.82) is 0 Å². The van der Waals surface area contributed by atoms with Crippen molar-refractivity contribution in [2.24, 2.45) is 0 Å². The minimum atomic E-state index is -1.69. The maximum Gasteiger partial charge on any atom is 0.475 e. The van der Waals surface area contributed by atoms with Gasteiger partial charge in [0.25, 0.3) is 0 Å². The van der Waals surface area contributed by atoms with E-state index in [1.165, 1.54) is 0 Å². The van der Waals surface area contributed by atoms with Crippen LogP contribution in [0, 0.1) is 0 Å². The Labute approximate surface area is 145 Å². The van der Waals surface area contributed by atoms with E-state index in [9.17, 15) is 19.6 Å². The molecule has 0 aliphatic carbocycles. The molecule has 1 aliphatic rings. The predicted octanol–water partition coefficient (Wildman–Crippen LogP) is 0.485. The number of hydrogen-bond acceptors (Lipinski definition) is 5. The topological polar surface area (TPSA) is 103 Å². The van der Waals surface area contributed by atoms with Gasteiger partial charge in [-0.2, -0.15) is 0 Å². The standard InChI is InChI=1S/C17H21BN2O5/c21-16(7-9-20-8-3-6-17(20)22)19-15(18(23)24)10-12-11-25-14-5-2-1-4-13(12)14/h1-2,4-5,11,15,23-24H,3,6-10H2,(H,19,21). The molecule has 1 aromatic heterocycles. The highest BCUT2D eigenvalue weighted by Gasteiger charge is 2.27. The average Bonchev–Trinajstić information content (AvgIpc) is 3.19. The van der Waals surface area contributed by atoms with Crippen LogP contribution in [-0.2, 0) is 16.0 Å². The number of nitrogens with zero attached hydrogens (tertiary/aromatic N) is 1. The van der Waals surface area contributed by atoms with Crippen molar-refractivity contribution in [2.75, 3.05) is 13.1 Å². The quantitative estimate of drug-likeness (QED) is 0.634. The lowest BCUT2D eigenvalue weighted by Crippen LogP contribution is -2.48. The second-order valence-electron chi connectivity index (χ2n) is 6.28. The maximum absolute atomic E-state index is 12.1. The third kappa shape index (κ3) is 4.21. The monoisotopic (exact) mass is 344 g/mol. The number of amides is 2. The molecule has 7 nitrogen and oxygen atoms in total. The van der Waals surface area contributed by atoms with Gasteiger partial charge in [-0.15, -0.1) is 0 Å². The molecular weight excluding hydrogens is 323 g/mol. The summed E-state index contributed by atoms with van der Waals surface area (Å²) < 4.78 is 5.44. The van der Waals surface area contributed by atoms with Crippen LogP contribution in [-0.4, -0.2) is 52.9 Å². The van der Waals surface area contributed by atoms with Crippen LogP contribution in [0.15, 0.2) is 34.9 Å². The molecule has 3 N–H and O–H groups in total. The van der Waals surface area contributed by atoms with Gasteiger partial charge in [0.05, 0.1) is 12.2 Å². The number of carbonyl (C=O) groups excluding carboxylic acids is 2. The molecule has 0 saturated carbocycles. The lowest BCUT2D eigenvalue weighted by atomic mass is 9.76. The van der Waals surface area contributed by atoms with Crippen LogP contribution < -0.4 is 5.32 Å². The van der Waals surface area contributed by atoms with Gasteiger partial charge in [0.1, 0.15) is 5.58 Å². The molecule has 0 bridgehead atoms. The minimum absolute atomic E-state index is 0.0661. The normalized spacial score (nSPS) is 15.6. The molecule has 0 radical (unpaired) electrons. The second-order valence-corrected chi connectivity index (χ2v) is 6.28. The first-order valence-electron chi connectivity index (χ1n) is 8.43. The van der Waals surface area contributed by atoms with Gasteiger partial charge in [0.15, 0.2) is 0 Å². The largest absolute Gasteiger partial charge is 0.475 e. The molecule has 8 heteroatoms. The summed E-state index contributed by atoms with van der Waals surface area (Å²) in [6.45, 7) is 1.03. The first-order chi connectivity index (χ1) is 12.0. The molecule has 2 aromatic rings. The molecule has 1 fully saturated rings. The number of para-hydroxylation sites is 1. The Hall–Kier alpha value is -2.32. The number of nitrogens with one attached hydrogen (secondary N) is 1. The lowest BCUT2D eigenvalue weighted by molar-refractivity contribution is -0.128. The smallest absolute Gasteiger partial charge is 0.464 e. The van der Waals surface area contributed by atoms with Crippen molar-refractivity contribution >= 4 is 29.9 Å². The fraction of sp³-hybridized carbons (Fsp3) is 0.412. The van der Waals surface area contributed by atoms with Crippen LogP contribution in [0.3, 0.4) is 0 Å². The van der Waals surface area contributed by atoms with E-state index in [0.717, 1.165) is 17.4 Å². The molecule has 25 heavy (non-hydrogen) atoms. The molecular formula is C17H21BN2O5. The third-order valence-corrected chi connectivity index (χ3v) is 4.49. The number of benzene rings is 1. The zero-order valence-electron chi connectivity index (χ0n) is 13.9. The number of rotatable bonds is 7. The van der Waals surface area contributed by atoms with Crippen LogP contribution in [0.25, 0.3) is 11.0 Å². The van der Waals surface area contributed by atoms with Crippen LogP contribution in [0.4, 0.5) is 0 Å². The second kappa shape index (κ2) is 7.71. The maximum atomic E-state index is 12.1. The highest BCUT2D eigenvalue weighted by atomic mass is 16.4. The Morgan fingerprint density at radius 3 is 2.88 bits per heavy atom. The van der Waals surface area contributed by atoms with Crippen molar-refractivity contribution in [3.63, 3.8) is 0 Å². The average molecular weight is 344 g/mol. The summed E-state index contributed by atoms with van der Waals surface area (Å²) in [5.41, 5.74) is 1.51. The number of fused-ring (bicyclic) bond motifs is 1. The molecule has 1 atom stereocenters. The predicted molar refractivity (Wildman–Crippen MR) is 92.5 cm³/mol. The Morgan fingerprint density at radius 1 is 1.36 bits per heavy atom. The van der Waals surface area contributed by atoms with E-state index in [1.54, 1.807) is 11.2 Å². The summed E-state index contributed by atoms with van der Waals surface area (Å²) in [6, 6.07) is 7.44. The molecule has 132 valence electrons. The molecule has 3 rings (SSSR count). The van der Waals surface area contributed by atoms with E-state index >= 15 is 0 Å². The van der Waals surface area contributed by atoms with Gasteiger partial charge in [-0.1, -0.05) is 18.2 Å². The van der Waals surface area contributed by atoms with Gasteiger partial charge in [0.2, 0.25) is 11.8 Å². The minimum Gasteiger partial charge on any atom is -0.464 e. The van der Waals surface area contributed by atoms with Crippen molar-refractivity contribution in [2.45, 2.75) is 31.6 Å². The fourth-order valence-electron chi connectivity index (χ4n) is 3.11. The molecule has 1 unspecified atom stereocenters. The first-order valence-corrected chi connectivity index (χ1v) is 8.43. The van der Waals surface area contributed by atoms with Crippen LogP contribution in [0.2, 0.25) is 0 Å². The van der Waals surface area contributed by atoms with E-state index in [2.05, 4.69) is 5.32 Å². The van der Waals surface area contributed by atoms with Crippen LogP contribution in [0.1, 0.15) is 24.8 Å². The van der Waals surface area contributed by atoms with Gasteiger partial charge < -0.3 is 24.7 Å². The van der Waals surface area contributed by atoms with Gasteiger partial charge in [0, 0.05) is 31.3 Å². The number of hydrogen-bond donors (Lipinski definition) is 3. The van der Waals surface area contributed by atoms with Gasteiger partial charge in [-0.25, -0.2) is 0 Å². The van der Waals surface area contributed by atoms with Crippen molar-refractivity contribution in [1.82, 2.24) is 10.2 Å². The van der Waals surface area contributed by atoms with Crippen molar-refractivity contribution in [3.05, 3.63) is 36.1 Å². The Morgan fingerprint density at radius 2 is 2.16 bits per heavy atom. The van der Waals surface area contributed by atoms with Gasteiger partial charge >= 0.3 is 7.12 Å². The summed E-state index contributed by atoms with van der Waals surface area (Å²) in [4.78, 5) is 25.3. The molecule has 1 aliphatic heterocycles. The lowest BCUT2D eigenvalue weighted by Gasteiger charge is -2.19.